The standard InChI is InChI=1S/C18H19N3O2/c1-12-10-15-18(19-11-12)21(9-5-8-16(22)23)17(20-15)14-7-4-3-6-13(14)2/h3-4,6-7,10-11H,5,8-9H2,1-2H3,(H,22,23). The highest BCUT2D eigenvalue weighted by Crippen LogP contribution is 2.27. The van der Waals surface area contributed by atoms with Crippen LogP contribution in [0.5, 0.6) is 0 Å². The predicted molar refractivity (Wildman–Crippen MR) is 89.3 cm³/mol. The molecule has 0 atom stereocenters. The van der Waals surface area contributed by atoms with Crippen molar-refractivity contribution in [2.24, 2.45) is 0 Å². The number of benzene rings is 1. The lowest BCUT2D eigenvalue weighted by molar-refractivity contribution is -0.137. The largest absolute Gasteiger partial charge is 0.481 e. The Morgan fingerprint density at radius 1 is 1.26 bits per heavy atom. The second-order valence-electron chi connectivity index (χ2n) is 5.75. The van der Waals surface area contributed by atoms with E-state index in [9.17, 15) is 4.79 Å². The Morgan fingerprint density at radius 3 is 2.78 bits per heavy atom. The average molecular weight is 309 g/mol. The van der Waals surface area contributed by atoms with Crippen LogP contribution in [0.2, 0.25) is 0 Å². The maximum absolute atomic E-state index is 10.8. The number of nitrogens with zero attached hydrogens (tertiary/aromatic N) is 3. The van der Waals surface area contributed by atoms with Gasteiger partial charge in [-0.15, -0.1) is 0 Å². The van der Waals surface area contributed by atoms with Gasteiger partial charge >= 0.3 is 5.97 Å². The number of carboxylic acids is 1. The van der Waals surface area contributed by atoms with E-state index in [2.05, 4.69) is 18.0 Å². The molecule has 5 heteroatoms. The third kappa shape index (κ3) is 3.08. The summed E-state index contributed by atoms with van der Waals surface area (Å²) in [7, 11) is 0. The first-order chi connectivity index (χ1) is 11.1. The summed E-state index contributed by atoms with van der Waals surface area (Å²) in [5.41, 5.74) is 4.90. The van der Waals surface area contributed by atoms with Crippen molar-refractivity contribution in [1.82, 2.24) is 14.5 Å². The molecule has 5 nitrogen and oxygen atoms in total. The van der Waals surface area contributed by atoms with Crippen LogP contribution in [-0.4, -0.2) is 25.6 Å². The molecule has 118 valence electrons. The minimum Gasteiger partial charge on any atom is -0.481 e. The Morgan fingerprint density at radius 2 is 2.04 bits per heavy atom. The first-order valence-electron chi connectivity index (χ1n) is 7.67. The van der Waals surface area contributed by atoms with Crippen LogP contribution in [-0.2, 0) is 11.3 Å². The summed E-state index contributed by atoms with van der Waals surface area (Å²) in [5.74, 6) is 0.0669. The summed E-state index contributed by atoms with van der Waals surface area (Å²) in [6, 6.07) is 10.1. The van der Waals surface area contributed by atoms with Gasteiger partial charge in [0.2, 0.25) is 0 Å². The Hall–Kier alpha value is -2.69. The van der Waals surface area contributed by atoms with Gasteiger partial charge in [-0.2, -0.15) is 0 Å². The molecule has 2 aromatic heterocycles. The monoisotopic (exact) mass is 309 g/mol. The Balaban J connectivity index is 2.11. The van der Waals surface area contributed by atoms with E-state index < -0.39 is 5.97 Å². The van der Waals surface area contributed by atoms with Crippen molar-refractivity contribution in [2.75, 3.05) is 0 Å². The van der Waals surface area contributed by atoms with E-state index in [1.54, 1.807) is 0 Å². The molecule has 0 radical (unpaired) electrons. The lowest BCUT2D eigenvalue weighted by Crippen LogP contribution is -2.05. The van der Waals surface area contributed by atoms with Crippen LogP contribution < -0.4 is 0 Å². The van der Waals surface area contributed by atoms with Crippen molar-refractivity contribution in [3.05, 3.63) is 47.7 Å². The van der Waals surface area contributed by atoms with Gasteiger partial charge in [-0.3, -0.25) is 4.79 Å². The zero-order chi connectivity index (χ0) is 16.4. The normalized spacial score (nSPS) is 11.0. The van der Waals surface area contributed by atoms with E-state index >= 15 is 0 Å². The minimum atomic E-state index is -0.782. The third-order valence-electron chi connectivity index (χ3n) is 3.88. The van der Waals surface area contributed by atoms with E-state index in [1.807, 2.05) is 42.0 Å². The number of pyridine rings is 1. The van der Waals surface area contributed by atoms with E-state index in [4.69, 9.17) is 10.1 Å². The highest BCUT2D eigenvalue weighted by Gasteiger charge is 2.15. The molecule has 0 bridgehead atoms. The number of carbonyl (C=O) groups is 1. The van der Waals surface area contributed by atoms with Crippen molar-refractivity contribution < 1.29 is 9.90 Å². The van der Waals surface area contributed by atoms with Crippen molar-refractivity contribution in [2.45, 2.75) is 33.2 Å². The van der Waals surface area contributed by atoms with Gasteiger partial charge in [0, 0.05) is 24.7 Å². The van der Waals surface area contributed by atoms with Crippen LogP contribution in [0.4, 0.5) is 0 Å². The van der Waals surface area contributed by atoms with Crippen molar-refractivity contribution in [3.8, 4) is 11.4 Å². The summed E-state index contributed by atoms with van der Waals surface area (Å²) in [5, 5.41) is 8.88. The summed E-state index contributed by atoms with van der Waals surface area (Å²) in [4.78, 5) is 20.1. The fraction of sp³-hybridized carbons (Fsp3) is 0.278. The maximum atomic E-state index is 10.8. The van der Waals surface area contributed by atoms with Crippen molar-refractivity contribution in [1.29, 1.82) is 0 Å². The maximum Gasteiger partial charge on any atom is 0.303 e. The van der Waals surface area contributed by atoms with Gasteiger partial charge in [-0.25, -0.2) is 9.97 Å². The molecule has 0 aliphatic rings. The fourth-order valence-corrected chi connectivity index (χ4v) is 2.74. The average Bonchev–Trinajstić information content (AvgIpc) is 2.85. The van der Waals surface area contributed by atoms with Crippen LogP contribution in [0.25, 0.3) is 22.6 Å². The number of carboxylic acid groups (broad SMARTS) is 1. The van der Waals surface area contributed by atoms with Crippen LogP contribution >= 0.6 is 0 Å². The lowest BCUT2D eigenvalue weighted by atomic mass is 10.1. The molecule has 3 aromatic rings. The topological polar surface area (TPSA) is 68.0 Å². The van der Waals surface area contributed by atoms with E-state index in [1.165, 1.54) is 0 Å². The molecule has 0 saturated carbocycles. The molecule has 0 saturated heterocycles. The fourth-order valence-electron chi connectivity index (χ4n) is 2.74. The summed E-state index contributed by atoms with van der Waals surface area (Å²) in [6.45, 7) is 4.63. The van der Waals surface area contributed by atoms with Crippen molar-refractivity contribution in [3.63, 3.8) is 0 Å². The number of hydrogen-bond acceptors (Lipinski definition) is 3. The number of rotatable bonds is 5. The second-order valence-corrected chi connectivity index (χ2v) is 5.75. The van der Waals surface area contributed by atoms with Crippen LogP contribution in [0.3, 0.4) is 0 Å². The molecule has 0 fully saturated rings. The highest BCUT2D eigenvalue weighted by atomic mass is 16.4. The van der Waals surface area contributed by atoms with Crippen molar-refractivity contribution >= 4 is 17.1 Å². The smallest absolute Gasteiger partial charge is 0.303 e. The van der Waals surface area contributed by atoms with E-state index in [0.29, 0.717) is 13.0 Å². The molecule has 0 spiro atoms. The second kappa shape index (κ2) is 6.20. The summed E-state index contributed by atoms with van der Waals surface area (Å²) in [6.07, 6.45) is 2.51. The van der Waals surface area contributed by atoms with E-state index in [0.717, 1.165) is 33.7 Å². The lowest BCUT2D eigenvalue weighted by Gasteiger charge is -2.10. The minimum absolute atomic E-state index is 0.138. The summed E-state index contributed by atoms with van der Waals surface area (Å²) < 4.78 is 2.03. The first kappa shape index (κ1) is 15.2. The molecule has 23 heavy (non-hydrogen) atoms. The Bertz CT molecular complexity index is 868. The van der Waals surface area contributed by atoms with Gasteiger partial charge in [0.1, 0.15) is 11.3 Å². The number of aryl methyl sites for hydroxylation is 3. The zero-order valence-electron chi connectivity index (χ0n) is 13.3. The molecule has 3 rings (SSSR count). The van der Waals surface area contributed by atoms with Gasteiger partial charge in [0.25, 0.3) is 0 Å². The SMILES string of the molecule is Cc1cnc2c(c1)nc(-c1ccccc1C)n2CCCC(=O)O. The molecule has 0 aliphatic heterocycles. The van der Waals surface area contributed by atoms with Gasteiger partial charge in [0.15, 0.2) is 5.65 Å². The highest BCUT2D eigenvalue weighted by molar-refractivity contribution is 5.78. The van der Waals surface area contributed by atoms with Crippen LogP contribution in [0.1, 0.15) is 24.0 Å². The van der Waals surface area contributed by atoms with Gasteiger partial charge in [0.05, 0.1) is 0 Å². The van der Waals surface area contributed by atoms with Gasteiger partial charge in [-0.05, 0) is 37.5 Å². The molecule has 0 amide bonds. The number of aliphatic carboxylic acids is 1. The molecule has 0 aliphatic carbocycles. The van der Waals surface area contributed by atoms with E-state index in [-0.39, 0.29) is 6.42 Å². The zero-order valence-corrected chi connectivity index (χ0v) is 13.3. The molecule has 1 N–H and O–H groups in total. The number of fused-ring (bicyclic) bond motifs is 1. The Kier molecular flexibility index (Phi) is 4.10. The first-order valence-corrected chi connectivity index (χ1v) is 7.67. The molecular weight excluding hydrogens is 290 g/mol. The molecular formula is C18H19N3O2. The van der Waals surface area contributed by atoms with Gasteiger partial charge < -0.3 is 9.67 Å². The quantitative estimate of drug-likeness (QED) is 0.782. The Labute approximate surface area is 134 Å². The molecule has 1 aromatic carbocycles. The van der Waals surface area contributed by atoms with Crippen LogP contribution in [0.15, 0.2) is 36.5 Å². The summed E-state index contributed by atoms with van der Waals surface area (Å²) >= 11 is 0. The van der Waals surface area contributed by atoms with Crippen LogP contribution in [0, 0.1) is 13.8 Å². The molecule has 0 unspecified atom stereocenters. The predicted octanol–water partition coefficient (Wildman–Crippen LogP) is 3.58. The third-order valence-corrected chi connectivity index (χ3v) is 3.88. The van der Waals surface area contributed by atoms with Gasteiger partial charge in [-0.1, -0.05) is 24.3 Å². The number of imidazole rings is 1. The number of aromatic nitrogens is 3. The number of hydrogen-bond donors (Lipinski definition) is 1. The molecule has 2 heterocycles.